The second kappa shape index (κ2) is 5.20. The molecule has 0 N–H and O–H groups in total. The molecule has 0 aliphatic rings. The largest absolute Gasteiger partial charge is 0.495 e. The number of ether oxygens (including phenoxy) is 1. The Bertz CT molecular complexity index is 665. The Morgan fingerprint density at radius 2 is 1.47 bits per heavy atom. The summed E-state index contributed by atoms with van der Waals surface area (Å²) < 4.78 is 5.48. The minimum atomic E-state index is 0.892. The molecule has 0 aliphatic heterocycles. The van der Waals surface area contributed by atoms with E-state index >= 15 is 0 Å². The number of hydrogen-bond donors (Lipinski definition) is 0. The second-order valence-electron chi connectivity index (χ2n) is 3.98. The predicted octanol–water partition coefficient (Wildman–Crippen LogP) is 3.88. The van der Waals surface area contributed by atoms with E-state index < -0.39 is 0 Å². The molecule has 4 heteroatoms. The van der Waals surface area contributed by atoms with E-state index in [9.17, 15) is 0 Å². The minimum Gasteiger partial charge on any atom is -0.495 e. The zero-order valence-corrected chi connectivity index (χ0v) is 11.2. The van der Waals surface area contributed by atoms with Crippen molar-refractivity contribution in [2.45, 2.75) is 0 Å². The lowest BCUT2D eigenvalue weighted by Gasteiger charge is -2.00. The molecule has 0 saturated carbocycles. The summed E-state index contributed by atoms with van der Waals surface area (Å²) in [6.07, 6.45) is 7.18. The van der Waals surface area contributed by atoms with Crippen molar-refractivity contribution in [3.63, 3.8) is 0 Å². The molecule has 0 spiro atoms. The number of rotatable bonds is 3. The molecule has 0 unspecified atom stereocenters. The highest BCUT2D eigenvalue weighted by molar-refractivity contribution is 7.19. The first-order valence-corrected chi connectivity index (χ1v) is 6.69. The monoisotopic (exact) mass is 268 g/mol. The molecule has 0 atom stereocenters. The molecule has 0 aliphatic carbocycles. The van der Waals surface area contributed by atoms with E-state index in [0.29, 0.717) is 0 Å². The lowest BCUT2D eigenvalue weighted by atomic mass is 10.2. The number of hydrogen-bond acceptors (Lipinski definition) is 4. The van der Waals surface area contributed by atoms with E-state index in [-0.39, 0.29) is 0 Å². The molecular weight excluding hydrogens is 256 g/mol. The SMILES string of the molecule is COc1cc(-c2ccncc2)sc1-c1ccncc1. The summed E-state index contributed by atoms with van der Waals surface area (Å²) in [6.45, 7) is 0. The van der Waals surface area contributed by atoms with Crippen LogP contribution in [0.5, 0.6) is 5.75 Å². The van der Waals surface area contributed by atoms with Crippen LogP contribution in [0.2, 0.25) is 0 Å². The summed E-state index contributed by atoms with van der Waals surface area (Å²) in [5.41, 5.74) is 2.27. The molecule has 0 amide bonds. The van der Waals surface area contributed by atoms with Crippen molar-refractivity contribution in [3.05, 3.63) is 55.1 Å². The Kier molecular flexibility index (Phi) is 3.25. The van der Waals surface area contributed by atoms with E-state index in [0.717, 1.165) is 21.8 Å². The van der Waals surface area contributed by atoms with Gasteiger partial charge in [-0.05, 0) is 41.5 Å². The number of thiophene rings is 1. The fourth-order valence-electron chi connectivity index (χ4n) is 1.89. The number of methoxy groups -OCH3 is 1. The summed E-state index contributed by atoms with van der Waals surface area (Å²) in [7, 11) is 1.70. The zero-order valence-electron chi connectivity index (χ0n) is 10.4. The summed E-state index contributed by atoms with van der Waals surface area (Å²) in [4.78, 5) is 10.4. The molecule has 0 bridgehead atoms. The number of aromatic nitrogens is 2. The maximum absolute atomic E-state index is 5.48. The van der Waals surface area contributed by atoms with E-state index in [2.05, 4.69) is 16.0 Å². The molecule has 3 nitrogen and oxygen atoms in total. The summed E-state index contributed by atoms with van der Waals surface area (Å²) in [6, 6.07) is 10.0. The topological polar surface area (TPSA) is 35.0 Å². The normalized spacial score (nSPS) is 10.4. The van der Waals surface area contributed by atoms with Crippen LogP contribution in [-0.4, -0.2) is 17.1 Å². The van der Waals surface area contributed by atoms with Crippen LogP contribution in [-0.2, 0) is 0 Å². The fraction of sp³-hybridized carbons (Fsp3) is 0.0667. The summed E-state index contributed by atoms with van der Waals surface area (Å²) >= 11 is 1.71. The van der Waals surface area contributed by atoms with Crippen LogP contribution in [0.4, 0.5) is 0 Å². The van der Waals surface area contributed by atoms with E-state index in [1.165, 1.54) is 4.88 Å². The van der Waals surface area contributed by atoms with Gasteiger partial charge in [-0.15, -0.1) is 11.3 Å². The van der Waals surface area contributed by atoms with Gasteiger partial charge >= 0.3 is 0 Å². The van der Waals surface area contributed by atoms with Gasteiger partial charge < -0.3 is 4.74 Å². The highest BCUT2D eigenvalue weighted by Gasteiger charge is 2.12. The van der Waals surface area contributed by atoms with Gasteiger partial charge in [0.05, 0.1) is 12.0 Å². The Morgan fingerprint density at radius 3 is 2.05 bits per heavy atom. The highest BCUT2D eigenvalue weighted by atomic mass is 32.1. The molecule has 94 valence electrons. The van der Waals surface area contributed by atoms with Crippen molar-refractivity contribution < 1.29 is 4.74 Å². The third kappa shape index (κ3) is 2.35. The Morgan fingerprint density at radius 1 is 0.895 bits per heavy atom. The van der Waals surface area contributed by atoms with Crippen molar-refractivity contribution in [3.8, 4) is 26.6 Å². The van der Waals surface area contributed by atoms with Crippen LogP contribution in [0.25, 0.3) is 20.9 Å². The predicted molar refractivity (Wildman–Crippen MR) is 77.3 cm³/mol. The molecule has 0 fully saturated rings. The van der Waals surface area contributed by atoms with Crippen molar-refractivity contribution in [2.75, 3.05) is 7.11 Å². The zero-order chi connectivity index (χ0) is 13.1. The van der Waals surface area contributed by atoms with Crippen LogP contribution in [0.1, 0.15) is 0 Å². The van der Waals surface area contributed by atoms with Gasteiger partial charge in [0.15, 0.2) is 0 Å². The fourth-order valence-corrected chi connectivity index (χ4v) is 3.03. The molecule has 0 saturated heterocycles. The van der Waals surface area contributed by atoms with Gasteiger partial charge in [0.1, 0.15) is 5.75 Å². The third-order valence-corrected chi connectivity index (χ3v) is 4.04. The Balaban J connectivity index is 2.09. The molecule has 0 aromatic carbocycles. The van der Waals surface area contributed by atoms with E-state index in [1.54, 1.807) is 43.2 Å². The first-order valence-electron chi connectivity index (χ1n) is 5.87. The van der Waals surface area contributed by atoms with Crippen LogP contribution in [0.15, 0.2) is 55.1 Å². The molecule has 0 radical (unpaired) electrons. The van der Waals surface area contributed by atoms with Gasteiger partial charge in [0.25, 0.3) is 0 Å². The average Bonchev–Trinajstić information content (AvgIpc) is 2.93. The average molecular weight is 268 g/mol. The Hall–Kier alpha value is -2.20. The van der Waals surface area contributed by atoms with Gasteiger partial charge in [-0.25, -0.2) is 0 Å². The highest BCUT2D eigenvalue weighted by Crippen LogP contribution is 2.42. The minimum absolute atomic E-state index is 0.892. The van der Waals surface area contributed by atoms with Crippen LogP contribution in [0.3, 0.4) is 0 Å². The van der Waals surface area contributed by atoms with Crippen molar-refractivity contribution in [2.24, 2.45) is 0 Å². The smallest absolute Gasteiger partial charge is 0.138 e. The molecular formula is C15H12N2OS. The maximum atomic E-state index is 5.48. The van der Waals surface area contributed by atoms with Crippen molar-refractivity contribution in [1.82, 2.24) is 9.97 Å². The number of pyridine rings is 2. The van der Waals surface area contributed by atoms with Crippen molar-refractivity contribution in [1.29, 1.82) is 0 Å². The van der Waals surface area contributed by atoms with Gasteiger partial charge in [-0.2, -0.15) is 0 Å². The van der Waals surface area contributed by atoms with Gasteiger partial charge in [0, 0.05) is 29.7 Å². The molecule has 3 aromatic heterocycles. The van der Waals surface area contributed by atoms with Gasteiger partial charge in [-0.3, -0.25) is 9.97 Å². The molecule has 3 rings (SSSR count). The van der Waals surface area contributed by atoms with Gasteiger partial charge in [-0.1, -0.05) is 0 Å². The molecule has 19 heavy (non-hydrogen) atoms. The standard InChI is InChI=1S/C15H12N2OS/c1-18-13-10-14(11-2-6-16-7-3-11)19-15(13)12-4-8-17-9-5-12/h2-10H,1H3. The maximum Gasteiger partial charge on any atom is 0.138 e. The number of nitrogens with zero attached hydrogens (tertiary/aromatic N) is 2. The van der Waals surface area contributed by atoms with Crippen LogP contribution >= 0.6 is 11.3 Å². The van der Waals surface area contributed by atoms with E-state index in [4.69, 9.17) is 4.74 Å². The van der Waals surface area contributed by atoms with Crippen molar-refractivity contribution >= 4 is 11.3 Å². The summed E-state index contributed by atoms with van der Waals surface area (Å²) in [5, 5.41) is 0. The second-order valence-corrected chi connectivity index (χ2v) is 5.03. The van der Waals surface area contributed by atoms with E-state index in [1.807, 2.05) is 24.3 Å². The van der Waals surface area contributed by atoms with Crippen LogP contribution < -0.4 is 4.74 Å². The van der Waals surface area contributed by atoms with Gasteiger partial charge in [0.2, 0.25) is 0 Å². The molecule has 3 aromatic rings. The first-order chi connectivity index (χ1) is 9.38. The quantitative estimate of drug-likeness (QED) is 0.723. The Labute approximate surface area is 115 Å². The lowest BCUT2D eigenvalue weighted by molar-refractivity contribution is 0.418. The molecule has 3 heterocycles. The first kappa shape index (κ1) is 11.9. The van der Waals surface area contributed by atoms with Crippen LogP contribution in [0, 0.1) is 0 Å². The summed E-state index contributed by atoms with van der Waals surface area (Å²) in [5.74, 6) is 0.892. The lowest BCUT2D eigenvalue weighted by Crippen LogP contribution is -1.82. The third-order valence-electron chi connectivity index (χ3n) is 2.83.